The van der Waals surface area contributed by atoms with Crippen LogP contribution in [-0.4, -0.2) is 41.9 Å². The van der Waals surface area contributed by atoms with Crippen LogP contribution in [0.4, 0.5) is 0 Å². The second-order valence-electron chi connectivity index (χ2n) is 7.50. The molecule has 0 N–H and O–H groups in total. The average molecular weight is 467 g/mol. The minimum Gasteiger partial charge on any atom is -0.485 e. The van der Waals surface area contributed by atoms with Crippen molar-refractivity contribution >= 4 is 29.2 Å². The number of fused-ring (bicyclic) bond motifs is 1. The van der Waals surface area contributed by atoms with Crippen molar-refractivity contribution < 1.29 is 28.2 Å². The number of amides is 1. The van der Waals surface area contributed by atoms with Crippen LogP contribution in [0.2, 0.25) is 5.02 Å². The molecule has 2 aromatic carbocycles. The smallest absolute Gasteiger partial charge is 0.351 e. The van der Waals surface area contributed by atoms with E-state index in [9.17, 15) is 9.59 Å². The Bertz CT molecular complexity index is 1190. The zero-order valence-electron chi connectivity index (χ0n) is 17.3. The highest BCUT2D eigenvalue weighted by Crippen LogP contribution is 2.34. The molecule has 3 aromatic rings. The summed E-state index contributed by atoms with van der Waals surface area (Å²) in [7, 11) is 0. The second-order valence-corrected chi connectivity index (χ2v) is 7.94. The van der Waals surface area contributed by atoms with Crippen molar-refractivity contribution in [2.24, 2.45) is 5.10 Å². The molecule has 2 aliphatic rings. The van der Waals surface area contributed by atoms with Gasteiger partial charge in [0.15, 0.2) is 18.1 Å². The van der Waals surface area contributed by atoms with Crippen LogP contribution < -0.4 is 9.47 Å². The van der Waals surface area contributed by atoms with Gasteiger partial charge >= 0.3 is 5.97 Å². The number of hydrogen-bond donors (Lipinski definition) is 0. The zero-order valence-corrected chi connectivity index (χ0v) is 18.1. The van der Waals surface area contributed by atoms with Crippen LogP contribution in [0, 0.1) is 0 Å². The van der Waals surface area contributed by atoms with E-state index in [2.05, 4.69) is 5.10 Å². The lowest BCUT2D eigenvalue weighted by atomic mass is 10.0. The van der Waals surface area contributed by atoms with Crippen molar-refractivity contribution in [1.29, 1.82) is 0 Å². The fourth-order valence-electron chi connectivity index (χ4n) is 3.69. The van der Waals surface area contributed by atoms with E-state index >= 15 is 0 Å². The van der Waals surface area contributed by atoms with Crippen molar-refractivity contribution in [3.63, 3.8) is 0 Å². The van der Waals surface area contributed by atoms with E-state index in [4.69, 9.17) is 30.2 Å². The summed E-state index contributed by atoms with van der Waals surface area (Å²) in [6.45, 7) is -0.489. The van der Waals surface area contributed by atoms with Crippen LogP contribution in [0.15, 0.2) is 76.4 Å². The van der Waals surface area contributed by atoms with Crippen molar-refractivity contribution in [3.8, 4) is 11.5 Å². The summed E-state index contributed by atoms with van der Waals surface area (Å²) in [6.07, 6.45) is 1.03. The molecule has 0 fully saturated rings. The van der Waals surface area contributed by atoms with Gasteiger partial charge in [-0.1, -0.05) is 35.9 Å². The van der Waals surface area contributed by atoms with Crippen molar-refractivity contribution in [2.45, 2.75) is 18.6 Å². The van der Waals surface area contributed by atoms with Gasteiger partial charge < -0.3 is 18.6 Å². The number of hydrazone groups is 1. The fraction of sp³-hybridized carbons (Fsp3) is 0.208. The molecule has 3 heterocycles. The number of hydrogen-bond acceptors (Lipinski definition) is 7. The third kappa shape index (κ3) is 4.42. The molecule has 0 aliphatic carbocycles. The largest absolute Gasteiger partial charge is 0.485 e. The maximum atomic E-state index is 13.0. The van der Waals surface area contributed by atoms with E-state index in [1.165, 1.54) is 11.3 Å². The van der Waals surface area contributed by atoms with Gasteiger partial charge in [0.25, 0.3) is 5.91 Å². The van der Waals surface area contributed by atoms with E-state index in [1.807, 2.05) is 18.2 Å². The maximum absolute atomic E-state index is 13.0. The third-order valence-electron chi connectivity index (χ3n) is 5.32. The molecule has 0 unspecified atom stereocenters. The molecule has 0 bridgehead atoms. The number of carbonyl (C=O) groups excluding carboxylic acids is 2. The van der Waals surface area contributed by atoms with Gasteiger partial charge in [-0.3, -0.25) is 4.79 Å². The van der Waals surface area contributed by atoms with Crippen LogP contribution in [0.25, 0.3) is 0 Å². The highest BCUT2D eigenvalue weighted by molar-refractivity contribution is 6.30. The molecule has 0 saturated carbocycles. The Balaban J connectivity index is 1.27. The Labute approximate surface area is 194 Å². The van der Waals surface area contributed by atoms with Crippen molar-refractivity contribution in [2.75, 3.05) is 13.2 Å². The molecule has 0 spiro atoms. The summed E-state index contributed by atoms with van der Waals surface area (Å²) in [5.74, 6) is 0.425. The number of para-hydroxylation sites is 2. The number of esters is 1. The van der Waals surface area contributed by atoms with Crippen LogP contribution in [-0.2, 0) is 14.3 Å². The number of benzene rings is 2. The number of furan rings is 1. The first kappa shape index (κ1) is 21.1. The first-order valence-corrected chi connectivity index (χ1v) is 10.7. The lowest BCUT2D eigenvalue weighted by molar-refractivity contribution is -0.160. The molecule has 2 atom stereocenters. The Morgan fingerprint density at radius 3 is 2.61 bits per heavy atom. The number of carbonyl (C=O) groups is 2. The quantitative estimate of drug-likeness (QED) is 0.528. The van der Waals surface area contributed by atoms with E-state index < -0.39 is 30.6 Å². The lowest BCUT2D eigenvalue weighted by Crippen LogP contribution is -2.40. The van der Waals surface area contributed by atoms with E-state index in [0.29, 0.717) is 34.4 Å². The van der Waals surface area contributed by atoms with Gasteiger partial charge in [-0.05, 0) is 42.0 Å². The summed E-state index contributed by atoms with van der Waals surface area (Å²) in [6, 6.07) is 17.3. The van der Waals surface area contributed by atoms with Gasteiger partial charge in [-0.25, -0.2) is 9.80 Å². The monoisotopic (exact) mass is 466 g/mol. The summed E-state index contributed by atoms with van der Waals surface area (Å²) in [4.78, 5) is 25.5. The van der Waals surface area contributed by atoms with Gasteiger partial charge in [-0.15, -0.1) is 0 Å². The summed E-state index contributed by atoms with van der Waals surface area (Å²) in [5.41, 5.74) is 1.54. The minimum atomic E-state index is -0.958. The summed E-state index contributed by atoms with van der Waals surface area (Å²) < 4.78 is 21.9. The molecule has 2 aliphatic heterocycles. The lowest BCUT2D eigenvalue weighted by Gasteiger charge is -2.25. The molecule has 9 heteroatoms. The first-order valence-electron chi connectivity index (χ1n) is 10.3. The zero-order chi connectivity index (χ0) is 22.8. The maximum Gasteiger partial charge on any atom is 0.351 e. The normalized spacial score (nSPS) is 19.2. The minimum absolute atomic E-state index is 0.00163. The molecule has 5 rings (SSSR count). The first-order chi connectivity index (χ1) is 16.1. The van der Waals surface area contributed by atoms with Gasteiger partial charge in [0.2, 0.25) is 6.10 Å². The molecular formula is C24H19ClN2O6. The van der Waals surface area contributed by atoms with Gasteiger partial charge in [0, 0.05) is 11.4 Å². The highest BCUT2D eigenvalue weighted by atomic mass is 35.5. The number of rotatable bonds is 5. The molecule has 1 amide bonds. The van der Waals surface area contributed by atoms with Crippen LogP contribution >= 0.6 is 11.6 Å². The highest BCUT2D eigenvalue weighted by Gasteiger charge is 2.36. The topological polar surface area (TPSA) is 90.6 Å². The van der Waals surface area contributed by atoms with E-state index in [1.54, 1.807) is 42.5 Å². The Kier molecular flexibility index (Phi) is 5.75. The summed E-state index contributed by atoms with van der Waals surface area (Å²) in [5, 5.41) is 6.40. The molecule has 1 aromatic heterocycles. The molecule has 168 valence electrons. The number of nitrogens with zero attached hydrogens (tertiary/aromatic N) is 2. The summed E-state index contributed by atoms with van der Waals surface area (Å²) >= 11 is 5.98. The van der Waals surface area contributed by atoms with Crippen LogP contribution in [0.5, 0.6) is 11.5 Å². The fourth-order valence-corrected chi connectivity index (χ4v) is 3.81. The molecular weight excluding hydrogens is 448 g/mol. The van der Waals surface area contributed by atoms with Crippen LogP contribution in [0.3, 0.4) is 0 Å². The van der Waals surface area contributed by atoms with Gasteiger partial charge in [0.05, 0.1) is 12.0 Å². The predicted molar refractivity (Wildman–Crippen MR) is 118 cm³/mol. The number of halogens is 1. The van der Waals surface area contributed by atoms with Crippen molar-refractivity contribution in [1.82, 2.24) is 5.01 Å². The molecule has 0 saturated heterocycles. The molecule has 0 radical (unpaired) electrons. The third-order valence-corrected chi connectivity index (χ3v) is 5.58. The van der Waals surface area contributed by atoms with Crippen LogP contribution in [0.1, 0.15) is 23.8 Å². The standard InChI is InChI=1S/C24H19ClN2O6/c25-16-9-7-15(8-10-16)17-12-18(19-6-3-11-30-19)27(26-17)23(28)14-32-24(29)22-13-31-20-4-1-2-5-21(20)33-22/h1-11,18,22H,12-14H2/t18-,22-/m0/s1. The Morgan fingerprint density at radius 2 is 1.85 bits per heavy atom. The van der Waals surface area contributed by atoms with Gasteiger partial charge in [-0.2, -0.15) is 5.10 Å². The Hall–Kier alpha value is -3.78. The average Bonchev–Trinajstić information content (AvgIpc) is 3.53. The number of ether oxygens (including phenoxy) is 3. The second kappa shape index (κ2) is 8.99. The van der Waals surface area contributed by atoms with Crippen molar-refractivity contribution in [3.05, 3.63) is 83.3 Å². The van der Waals surface area contributed by atoms with E-state index in [0.717, 1.165) is 5.56 Å². The van der Waals surface area contributed by atoms with Gasteiger partial charge in [0.1, 0.15) is 18.4 Å². The van der Waals surface area contributed by atoms with E-state index in [-0.39, 0.29) is 6.61 Å². The SMILES string of the molecule is O=C(OCC(=O)N1N=C(c2ccc(Cl)cc2)C[C@H]1c1ccco1)[C@@H]1COc2ccccc2O1. The Morgan fingerprint density at radius 1 is 1.06 bits per heavy atom. The predicted octanol–water partition coefficient (Wildman–Crippen LogP) is 3.99. The molecule has 8 nitrogen and oxygen atoms in total. The molecule has 33 heavy (non-hydrogen) atoms.